The van der Waals surface area contributed by atoms with E-state index < -0.39 is 0 Å². The zero-order chi connectivity index (χ0) is 19.4. The highest BCUT2D eigenvalue weighted by molar-refractivity contribution is 5.81. The number of likely N-dealkylation sites (tertiary alicyclic amines) is 2. The molecule has 2 aliphatic rings. The maximum absolute atomic E-state index is 12.5. The second kappa shape index (κ2) is 8.33. The molecular formula is C20H30N4O3. The quantitative estimate of drug-likeness (QED) is 0.787. The van der Waals surface area contributed by atoms with Crippen molar-refractivity contribution in [3.05, 3.63) is 23.8 Å². The zero-order valence-corrected chi connectivity index (χ0v) is 16.6. The molecule has 2 fully saturated rings. The number of ether oxygens (including phenoxy) is 1. The standard InChI is InChI=1S/C20H30N4O3/c1-4-17(27-3)19(26)23-9-7-20(8-10-23)6-5-18(25)24(14-20)13-16-12-21-15(2)11-22-16/h11-12,17H,4-10,13-14H2,1-3H3/t17-/m1/s1. The largest absolute Gasteiger partial charge is 0.372 e. The van der Waals surface area contributed by atoms with E-state index in [-0.39, 0.29) is 23.3 Å². The minimum absolute atomic E-state index is 0.0912. The first kappa shape index (κ1) is 19.7. The van der Waals surface area contributed by atoms with Gasteiger partial charge in [0.15, 0.2) is 0 Å². The van der Waals surface area contributed by atoms with Gasteiger partial charge in [-0.05, 0) is 38.0 Å². The predicted molar refractivity (Wildman–Crippen MR) is 101 cm³/mol. The van der Waals surface area contributed by atoms with Gasteiger partial charge in [0.1, 0.15) is 6.10 Å². The van der Waals surface area contributed by atoms with Crippen LogP contribution in [0, 0.1) is 12.3 Å². The molecule has 2 amide bonds. The Morgan fingerprint density at radius 1 is 1.26 bits per heavy atom. The highest BCUT2D eigenvalue weighted by Gasteiger charge is 2.42. The van der Waals surface area contributed by atoms with E-state index in [1.165, 1.54) is 0 Å². The Labute approximate surface area is 161 Å². The molecule has 0 saturated carbocycles. The van der Waals surface area contributed by atoms with Crippen LogP contribution in [0.5, 0.6) is 0 Å². The van der Waals surface area contributed by atoms with Crippen LogP contribution in [-0.4, -0.2) is 64.4 Å². The molecule has 7 nitrogen and oxygen atoms in total. The summed E-state index contributed by atoms with van der Waals surface area (Å²) in [6.07, 6.45) is 7.18. The van der Waals surface area contributed by atoms with Crippen LogP contribution in [0.1, 0.15) is 50.4 Å². The number of nitrogens with zero attached hydrogens (tertiary/aromatic N) is 4. The monoisotopic (exact) mass is 374 g/mol. The Morgan fingerprint density at radius 3 is 2.59 bits per heavy atom. The van der Waals surface area contributed by atoms with Gasteiger partial charge in [-0.15, -0.1) is 0 Å². The lowest BCUT2D eigenvalue weighted by molar-refractivity contribution is -0.148. The van der Waals surface area contributed by atoms with E-state index in [0.29, 0.717) is 19.4 Å². The predicted octanol–water partition coefficient (Wildman–Crippen LogP) is 1.94. The molecule has 0 aliphatic carbocycles. The van der Waals surface area contributed by atoms with Crippen LogP contribution in [0.15, 0.2) is 12.4 Å². The average molecular weight is 374 g/mol. The summed E-state index contributed by atoms with van der Waals surface area (Å²) < 4.78 is 5.30. The van der Waals surface area contributed by atoms with Crippen LogP contribution >= 0.6 is 0 Å². The molecule has 3 heterocycles. The Morgan fingerprint density at radius 2 is 2.00 bits per heavy atom. The molecule has 0 radical (unpaired) electrons. The van der Waals surface area contributed by atoms with E-state index in [4.69, 9.17) is 4.74 Å². The van der Waals surface area contributed by atoms with Crippen molar-refractivity contribution >= 4 is 11.8 Å². The van der Waals surface area contributed by atoms with Gasteiger partial charge in [0.05, 0.1) is 24.1 Å². The van der Waals surface area contributed by atoms with E-state index >= 15 is 0 Å². The van der Waals surface area contributed by atoms with E-state index in [9.17, 15) is 9.59 Å². The molecule has 148 valence electrons. The zero-order valence-electron chi connectivity index (χ0n) is 16.6. The van der Waals surface area contributed by atoms with Crippen molar-refractivity contribution in [1.29, 1.82) is 0 Å². The minimum Gasteiger partial charge on any atom is -0.372 e. The Bertz CT molecular complexity index is 664. The molecule has 0 unspecified atom stereocenters. The number of aryl methyl sites for hydroxylation is 1. The number of carbonyl (C=O) groups is 2. The summed E-state index contributed by atoms with van der Waals surface area (Å²) in [5, 5.41) is 0. The van der Waals surface area contributed by atoms with Gasteiger partial charge in [0.25, 0.3) is 5.91 Å². The first-order chi connectivity index (χ1) is 13.0. The van der Waals surface area contributed by atoms with E-state index in [1.54, 1.807) is 19.5 Å². The summed E-state index contributed by atoms with van der Waals surface area (Å²) in [6.45, 7) is 6.61. The van der Waals surface area contributed by atoms with Crippen molar-refractivity contribution in [3.63, 3.8) is 0 Å². The summed E-state index contributed by atoms with van der Waals surface area (Å²) in [7, 11) is 1.59. The van der Waals surface area contributed by atoms with Crippen LogP contribution in [-0.2, 0) is 20.9 Å². The third-order valence-electron chi connectivity index (χ3n) is 6.00. The number of aromatic nitrogens is 2. The van der Waals surface area contributed by atoms with Crippen LogP contribution < -0.4 is 0 Å². The normalized spacial score (nSPS) is 20.8. The molecule has 0 bridgehead atoms. The molecular weight excluding hydrogens is 344 g/mol. The van der Waals surface area contributed by atoms with Crippen molar-refractivity contribution in [2.75, 3.05) is 26.7 Å². The fraction of sp³-hybridized carbons (Fsp3) is 0.700. The SMILES string of the molecule is CC[C@@H](OC)C(=O)N1CCC2(CCC(=O)N(Cc3cnc(C)cn3)C2)CC1. The van der Waals surface area contributed by atoms with Crippen LogP contribution in [0.25, 0.3) is 0 Å². The van der Waals surface area contributed by atoms with Crippen LogP contribution in [0.2, 0.25) is 0 Å². The topological polar surface area (TPSA) is 75.6 Å². The van der Waals surface area contributed by atoms with E-state index in [1.807, 2.05) is 23.6 Å². The fourth-order valence-corrected chi connectivity index (χ4v) is 4.20. The first-order valence-corrected chi connectivity index (χ1v) is 9.83. The van der Waals surface area contributed by atoms with Crippen molar-refractivity contribution in [3.8, 4) is 0 Å². The molecule has 2 saturated heterocycles. The summed E-state index contributed by atoms with van der Waals surface area (Å²) in [5.74, 6) is 0.278. The first-order valence-electron chi connectivity index (χ1n) is 9.83. The number of rotatable bonds is 5. The Hall–Kier alpha value is -2.02. The fourth-order valence-electron chi connectivity index (χ4n) is 4.20. The molecule has 2 aliphatic heterocycles. The molecule has 3 rings (SSSR count). The van der Waals surface area contributed by atoms with Gasteiger partial charge in [0.2, 0.25) is 5.91 Å². The highest BCUT2D eigenvalue weighted by Crippen LogP contribution is 2.40. The van der Waals surface area contributed by atoms with Crippen LogP contribution in [0.3, 0.4) is 0 Å². The van der Waals surface area contributed by atoms with Crippen molar-refractivity contribution in [2.45, 2.75) is 58.6 Å². The number of carbonyl (C=O) groups excluding carboxylic acids is 2. The third kappa shape index (κ3) is 4.46. The minimum atomic E-state index is -0.344. The number of amides is 2. The van der Waals surface area contributed by atoms with Gasteiger partial charge < -0.3 is 14.5 Å². The molecule has 1 spiro atoms. The van der Waals surface area contributed by atoms with E-state index in [0.717, 1.165) is 50.3 Å². The number of hydrogen-bond acceptors (Lipinski definition) is 5. The molecule has 1 aromatic heterocycles. The van der Waals surface area contributed by atoms with Gasteiger partial charge in [0, 0.05) is 39.4 Å². The summed E-state index contributed by atoms with van der Waals surface area (Å²) in [5.41, 5.74) is 1.81. The van der Waals surface area contributed by atoms with Crippen molar-refractivity contribution < 1.29 is 14.3 Å². The average Bonchev–Trinajstić information content (AvgIpc) is 2.68. The lowest BCUT2D eigenvalue weighted by atomic mass is 9.72. The van der Waals surface area contributed by atoms with Gasteiger partial charge in [-0.1, -0.05) is 6.92 Å². The van der Waals surface area contributed by atoms with Crippen molar-refractivity contribution in [1.82, 2.24) is 19.8 Å². The summed E-state index contributed by atoms with van der Waals surface area (Å²) in [6, 6.07) is 0. The van der Waals surface area contributed by atoms with Gasteiger partial charge in [-0.3, -0.25) is 19.6 Å². The molecule has 0 aromatic carbocycles. The van der Waals surface area contributed by atoms with Gasteiger partial charge in [-0.2, -0.15) is 0 Å². The summed E-state index contributed by atoms with van der Waals surface area (Å²) in [4.78, 5) is 37.5. The lowest BCUT2D eigenvalue weighted by Gasteiger charge is -2.47. The maximum atomic E-state index is 12.5. The lowest BCUT2D eigenvalue weighted by Crippen LogP contribution is -2.53. The van der Waals surface area contributed by atoms with E-state index in [2.05, 4.69) is 9.97 Å². The number of methoxy groups -OCH3 is 1. The van der Waals surface area contributed by atoms with Gasteiger partial charge >= 0.3 is 0 Å². The smallest absolute Gasteiger partial charge is 0.251 e. The second-order valence-electron chi connectivity index (χ2n) is 7.86. The molecule has 7 heteroatoms. The maximum Gasteiger partial charge on any atom is 0.251 e. The molecule has 0 N–H and O–H groups in total. The molecule has 27 heavy (non-hydrogen) atoms. The molecule has 1 aromatic rings. The second-order valence-corrected chi connectivity index (χ2v) is 7.86. The van der Waals surface area contributed by atoms with Gasteiger partial charge in [-0.25, -0.2) is 0 Å². The van der Waals surface area contributed by atoms with Crippen LogP contribution in [0.4, 0.5) is 0 Å². The third-order valence-corrected chi connectivity index (χ3v) is 6.00. The Kier molecular flexibility index (Phi) is 6.09. The highest BCUT2D eigenvalue weighted by atomic mass is 16.5. The number of hydrogen-bond donors (Lipinski definition) is 0. The Balaban J connectivity index is 1.61. The summed E-state index contributed by atoms with van der Waals surface area (Å²) >= 11 is 0. The number of piperidine rings is 2. The molecule has 1 atom stereocenters. The van der Waals surface area contributed by atoms with Crippen molar-refractivity contribution in [2.24, 2.45) is 5.41 Å².